The van der Waals surface area contributed by atoms with Gasteiger partial charge in [0.2, 0.25) is 11.8 Å². The third kappa shape index (κ3) is 1.89. The molecule has 0 saturated heterocycles. The molecular weight excluding hydrogens is 311 g/mol. The van der Waals surface area contributed by atoms with Crippen LogP contribution in [-0.2, 0) is 6.18 Å². The molecule has 7 heteroatoms. The summed E-state index contributed by atoms with van der Waals surface area (Å²) in [5.41, 5.74) is 0.197. The van der Waals surface area contributed by atoms with Crippen LogP contribution in [-0.4, -0.2) is 26.0 Å². The average Bonchev–Trinajstić information content (AvgIpc) is 3.10. The smallest absolute Gasteiger partial charge is 0.416 e. The molecule has 2 aliphatic rings. The molecule has 0 amide bonds. The summed E-state index contributed by atoms with van der Waals surface area (Å²) in [6.07, 6.45) is -3.95. The number of nitrogens with zero attached hydrogens (tertiary/aromatic N) is 1. The number of fused-ring (bicyclic) bond motifs is 5. The van der Waals surface area contributed by atoms with E-state index < -0.39 is 17.8 Å². The number of aliphatic hydroxyl groups excluding tert-OH is 1. The first-order valence-electron chi connectivity index (χ1n) is 7.31. The summed E-state index contributed by atoms with van der Waals surface area (Å²) in [7, 11) is 0. The fourth-order valence-electron chi connectivity index (χ4n) is 3.98. The van der Waals surface area contributed by atoms with Gasteiger partial charge in [-0.3, -0.25) is 4.57 Å². The van der Waals surface area contributed by atoms with Crippen molar-refractivity contribution in [1.82, 2.24) is 4.57 Å². The van der Waals surface area contributed by atoms with Gasteiger partial charge >= 0.3 is 6.18 Å². The highest BCUT2D eigenvalue weighted by Gasteiger charge is 2.49. The minimum Gasteiger partial charge on any atom is -0.494 e. The lowest BCUT2D eigenvalue weighted by Gasteiger charge is -2.16. The monoisotopic (exact) mass is 325 g/mol. The Morgan fingerprint density at radius 1 is 1.04 bits per heavy atom. The van der Waals surface area contributed by atoms with Crippen molar-refractivity contribution in [3.8, 4) is 17.4 Å². The van der Waals surface area contributed by atoms with Crippen molar-refractivity contribution in [2.24, 2.45) is 0 Å². The van der Waals surface area contributed by atoms with Crippen molar-refractivity contribution < 1.29 is 28.5 Å². The van der Waals surface area contributed by atoms with Gasteiger partial charge in [0.15, 0.2) is 0 Å². The normalized spacial score (nSPS) is 25.8. The molecule has 3 N–H and O–H groups in total. The van der Waals surface area contributed by atoms with E-state index in [1.807, 2.05) is 0 Å². The van der Waals surface area contributed by atoms with E-state index in [2.05, 4.69) is 0 Å². The lowest BCUT2D eigenvalue weighted by atomic mass is 9.93. The molecule has 4 nitrogen and oxygen atoms in total. The van der Waals surface area contributed by atoms with Crippen molar-refractivity contribution >= 4 is 0 Å². The zero-order valence-electron chi connectivity index (χ0n) is 11.9. The Balaban J connectivity index is 1.88. The molecule has 3 atom stereocenters. The number of aliphatic hydroxyl groups is 1. The second-order valence-electron chi connectivity index (χ2n) is 6.20. The van der Waals surface area contributed by atoms with Crippen LogP contribution >= 0.6 is 0 Å². The van der Waals surface area contributed by atoms with Crippen molar-refractivity contribution in [2.45, 2.75) is 37.0 Å². The SMILES string of the molecule is Oc1c2c(c(O)n1-c1cccc(C(F)(F)F)c1)C1CC2CC1O. The molecule has 4 rings (SSSR count). The van der Waals surface area contributed by atoms with Gasteiger partial charge in [0, 0.05) is 17.0 Å². The van der Waals surface area contributed by atoms with Gasteiger partial charge in [-0.15, -0.1) is 0 Å². The van der Waals surface area contributed by atoms with Crippen molar-refractivity contribution in [2.75, 3.05) is 0 Å². The maximum absolute atomic E-state index is 12.9. The van der Waals surface area contributed by atoms with Gasteiger partial charge in [0.25, 0.3) is 0 Å². The highest BCUT2D eigenvalue weighted by molar-refractivity contribution is 5.60. The first kappa shape index (κ1) is 14.4. The van der Waals surface area contributed by atoms with Crippen LogP contribution in [0.1, 0.15) is 41.4 Å². The van der Waals surface area contributed by atoms with Crippen LogP contribution < -0.4 is 0 Å². The van der Waals surface area contributed by atoms with Crippen LogP contribution in [0, 0.1) is 0 Å². The number of benzene rings is 1. The van der Waals surface area contributed by atoms with E-state index in [0.717, 1.165) is 16.7 Å². The predicted molar refractivity (Wildman–Crippen MR) is 74.8 cm³/mol. The highest BCUT2D eigenvalue weighted by Crippen LogP contribution is 2.60. The van der Waals surface area contributed by atoms with Gasteiger partial charge in [0.05, 0.1) is 17.4 Å². The van der Waals surface area contributed by atoms with Gasteiger partial charge in [-0.05, 0) is 37.0 Å². The van der Waals surface area contributed by atoms with E-state index in [0.29, 0.717) is 24.0 Å². The summed E-state index contributed by atoms with van der Waals surface area (Å²) in [6.45, 7) is 0. The Bertz CT molecular complexity index is 797. The van der Waals surface area contributed by atoms with Crippen LogP contribution in [0.2, 0.25) is 0 Å². The molecular formula is C16H14F3NO3. The van der Waals surface area contributed by atoms with Crippen molar-refractivity contribution in [3.63, 3.8) is 0 Å². The van der Waals surface area contributed by atoms with E-state index in [4.69, 9.17) is 0 Å². The highest BCUT2D eigenvalue weighted by atomic mass is 19.4. The molecule has 3 unspecified atom stereocenters. The van der Waals surface area contributed by atoms with Gasteiger partial charge in [-0.1, -0.05) is 6.07 Å². The number of hydrogen-bond donors (Lipinski definition) is 3. The van der Waals surface area contributed by atoms with Crippen LogP contribution in [0.5, 0.6) is 11.8 Å². The number of halogens is 3. The molecule has 2 aromatic rings. The third-order valence-electron chi connectivity index (χ3n) is 4.94. The number of aromatic hydroxyl groups is 2. The van der Waals surface area contributed by atoms with Gasteiger partial charge in [0.1, 0.15) is 0 Å². The maximum Gasteiger partial charge on any atom is 0.416 e. The zero-order valence-corrected chi connectivity index (χ0v) is 11.9. The zero-order chi connectivity index (χ0) is 16.5. The summed E-state index contributed by atoms with van der Waals surface area (Å²) in [5, 5.41) is 30.8. The quantitative estimate of drug-likeness (QED) is 0.754. The topological polar surface area (TPSA) is 65.6 Å². The Hall–Kier alpha value is -2.15. The van der Waals surface area contributed by atoms with E-state index in [-0.39, 0.29) is 29.3 Å². The van der Waals surface area contributed by atoms with Crippen molar-refractivity contribution in [1.29, 1.82) is 0 Å². The fourth-order valence-corrected chi connectivity index (χ4v) is 3.98. The Labute approximate surface area is 129 Å². The molecule has 2 bridgehead atoms. The second-order valence-corrected chi connectivity index (χ2v) is 6.20. The molecule has 122 valence electrons. The standard InChI is InChI=1S/C16H14F3NO3/c17-16(18,19)8-2-1-3-9(6-8)20-14(22)12-7-4-10(11(21)5-7)13(12)15(20)23/h1-3,6-7,10-11,21-23H,4-5H2. The minimum absolute atomic E-state index is 0.0399. The summed E-state index contributed by atoms with van der Waals surface area (Å²) in [5.74, 6) is -0.866. The second kappa shape index (κ2) is 4.44. The van der Waals surface area contributed by atoms with Crippen LogP contribution in [0.4, 0.5) is 13.2 Å². The molecule has 1 aromatic heterocycles. The summed E-state index contributed by atoms with van der Waals surface area (Å²) in [4.78, 5) is 0. The number of rotatable bonds is 1. The molecule has 1 fully saturated rings. The van der Waals surface area contributed by atoms with Crippen LogP contribution in [0.25, 0.3) is 5.69 Å². The first-order chi connectivity index (χ1) is 10.8. The predicted octanol–water partition coefficient (Wildman–Crippen LogP) is 3.24. The average molecular weight is 325 g/mol. The Kier molecular flexibility index (Phi) is 2.79. The van der Waals surface area contributed by atoms with Crippen LogP contribution in [0.3, 0.4) is 0 Å². The van der Waals surface area contributed by atoms with E-state index in [1.165, 1.54) is 12.1 Å². The fraction of sp³-hybridized carbons (Fsp3) is 0.375. The number of hydrogen-bond acceptors (Lipinski definition) is 3. The maximum atomic E-state index is 12.9. The number of alkyl halides is 3. The van der Waals surface area contributed by atoms with E-state index in [1.54, 1.807) is 0 Å². The Morgan fingerprint density at radius 3 is 2.43 bits per heavy atom. The molecule has 23 heavy (non-hydrogen) atoms. The third-order valence-corrected chi connectivity index (χ3v) is 4.94. The summed E-state index contributed by atoms with van der Waals surface area (Å²) < 4.78 is 39.6. The lowest BCUT2D eigenvalue weighted by molar-refractivity contribution is -0.137. The lowest BCUT2D eigenvalue weighted by Crippen LogP contribution is -2.13. The molecule has 0 aliphatic heterocycles. The van der Waals surface area contributed by atoms with Gasteiger partial charge in [-0.2, -0.15) is 13.2 Å². The molecule has 1 saturated carbocycles. The summed E-state index contributed by atoms with van der Waals surface area (Å²) >= 11 is 0. The van der Waals surface area contributed by atoms with Gasteiger partial charge in [-0.25, -0.2) is 0 Å². The minimum atomic E-state index is -4.51. The molecule has 1 aromatic carbocycles. The molecule has 1 heterocycles. The van der Waals surface area contributed by atoms with Crippen LogP contribution in [0.15, 0.2) is 24.3 Å². The molecule has 2 aliphatic carbocycles. The summed E-state index contributed by atoms with van der Waals surface area (Å²) in [6, 6.07) is 4.43. The molecule has 0 spiro atoms. The van der Waals surface area contributed by atoms with Gasteiger partial charge < -0.3 is 15.3 Å². The number of aromatic nitrogens is 1. The Morgan fingerprint density at radius 2 is 1.74 bits per heavy atom. The van der Waals surface area contributed by atoms with E-state index in [9.17, 15) is 28.5 Å². The molecule has 0 radical (unpaired) electrons. The largest absolute Gasteiger partial charge is 0.494 e. The van der Waals surface area contributed by atoms with Crippen molar-refractivity contribution in [3.05, 3.63) is 41.0 Å². The first-order valence-corrected chi connectivity index (χ1v) is 7.31. The van der Waals surface area contributed by atoms with E-state index >= 15 is 0 Å².